The van der Waals surface area contributed by atoms with Gasteiger partial charge in [-0.3, -0.25) is 19.4 Å². The maximum Gasteiger partial charge on any atom is 0.234 e. The molecule has 0 aromatic heterocycles. The molecule has 0 bridgehead atoms. The van der Waals surface area contributed by atoms with E-state index in [0.29, 0.717) is 31.1 Å². The predicted octanol–water partition coefficient (Wildman–Crippen LogP) is 2.17. The lowest BCUT2D eigenvalue weighted by molar-refractivity contribution is -0.141. The van der Waals surface area contributed by atoms with Crippen LogP contribution in [-0.4, -0.2) is 41.5 Å². The third-order valence-corrected chi connectivity index (χ3v) is 5.63. The summed E-state index contributed by atoms with van der Waals surface area (Å²) in [5.41, 5.74) is 1.68. The summed E-state index contributed by atoms with van der Waals surface area (Å²) in [6.07, 6.45) is 0. The first-order valence-electron chi connectivity index (χ1n) is 9.29. The van der Waals surface area contributed by atoms with Gasteiger partial charge in [-0.15, -0.1) is 0 Å². The minimum absolute atomic E-state index is 0.130. The molecule has 6 nitrogen and oxygen atoms in total. The second-order valence-corrected chi connectivity index (χ2v) is 7.49. The number of hydrogen-bond acceptors (Lipinski definition) is 5. The number of rotatable bonds is 4. The Hall–Kier alpha value is -2.93. The van der Waals surface area contributed by atoms with E-state index in [4.69, 9.17) is 9.47 Å². The molecule has 2 fully saturated rings. The van der Waals surface area contributed by atoms with Crippen LogP contribution in [-0.2, 0) is 22.7 Å². The molecule has 0 radical (unpaired) electrons. The molecule has 2 aromatic carbocycles. The first kappa shape index (κ1) is 17.2. The van der Waals surface area contributed by atoms with Crippen LogP contribution in [0.15, 0.2) is 42.5 Å². The zero-order valence-corrected chi connectivity index (χ0v) is 15.1. The average Bonchev–Trinajstić information content (AvgIpc) is 3.35. The van der Waals surface area contributed by atoms with Crippen LogP contribution in [0.1, 0.15) is 11.1 Å². The molecule has 2 amide bonds. The van der Waals surface area contributed by atoms with Crippen LogP contribution >= 0.6 is 0 Å². The zero-order chi connectivity index (χ0) is 19.3. The molecule has 2 aromatic rings. The van der Waals surface area contributed by atoms with Gasteiger partial charge in [0.2, 0.25) is 18.6 Å². The van der Waals surface area contributed by atoms with Gasteiger partial charge in [0.25, 0.3) is 0 Å². The third-order valence-electron chi connectivity index (χ3n) is 5.63. The van der Waals surface area contributed by atoms with Gasteiger partial charge in [0, 0.05) is 19.6 Å². The highest BCUT2D eigenvalue weighted by molar-refractivity contribution is 6.05. The number of nitrogens with zero attached hydrogens (tertiary/aromatic N) is 2. The van der Waals surface area contributed by atoms with Gasteiger partial charge in [-0.25, -0.2) is 4.39 Å². The molecule has 2 saturated heterocycles. The summed E-state index contributed by atoms with van der Waals surface area (Å²) >= 11 is 0. The second kappa shape index (κ2) is 6.60. The summed E-state index contributed by atoms with van der Waals surface area (Å²) in [6, 6.07) is 11.9. The molecule has 3 aliphatic heterocycles. The van der Waals surface area contributed by atoms with Crippen molar-refractivity contribution in [1.29, 1.82) is 0 Å². The van der Waals surface area contributed by atoms with Crippen LogP contribution in [0.2, 0.25) is 0 Å². The Kier molecular flexibility index (Phi) is 4.05. The van der Waals surface area contributed by atoms with E-state index in [0.717, 1.165) is 11.1 Å². The lowest BCUT2D eigenvalue weighted by Crippen LogP contribution is -2.35. The molecule has 5 rings (SSSR count). The van der Waals surface area contributed by atoms with E-state index in [1.165, 1.54) is 17.0 Å². The lowest BCUT2D eigenvalue weighted by atomic mass is 10.00. The number of fused-ring (bicyclic) bond motifs is 2. The molecule has 28 heavy (non-hydrogen) atoms. The Labute approximate surface area is 161 Å². The van der Waals surface area contributed by atoms with E-state index in [9.17, 15) is 14.0 Å². The van der Waals surface area contributed by atoms with E-state index in [1.807, 2.05) is 18.2 Å². The maximum atomic E-state index is 13.4. The Balaban J connectivity index is 1.27. The molecular weight excluding hydrogens is 363 g/mol. The standard InChI is InChI=1S/C21H19FN2O4/c22-15-3-1-2-13(6-15)8-23-10-16-17(11-23)21(26)24(20(16)25)9-14-4-5-18-19(7-14)28-12-27-18/h1-7,16-17H,8-12H2/t16-,17+. The van der Waals surface area contributed by atoms with Gasteiger partial charge < -0.3 is 9.47 Å². The molecule has 2 atom stereocenters. The summed E-state index contributed by atoms with van der Waals surface area (Å²) in [5.74, 6) is 0.124. The fraction of sp³-hybridized carbons (Fsp3) is 0.333. The van der Waals surface area contributed by atoms with Gasteiger partial charge in [0.05, 0.1) is 18.4 Å². The first-order chi connectivity index (χ1) is 13.6. The first-order valence-corrected chi connectivity index (χ1v) is 9.29. The number of halogens is 1. The van der Waals surface area contributed by atoms with Crippen molar-refractivity contribution in [2.75, 3.05) is 19.9 Å². The number of amides is 2. The minimum atomic E-state index is -0.324. The molecule has 3 aliphatic rings. The molecule has 0 unspecified atom stereocenters. The summed E-state index contributed by atoms with van der Waals surface area (Å²) in [6.45, 7) is 2.00. The van der Waals surface area contributed by atoms with Crippen LogP contribution < -0.4 is 9.47 Å². The van der Waals surface area contributed by atoms with Crippen LogP contribution in [0.3, 0.4) is 0 Å². The highest BCUT2D eigenvalue weighted by Crippen LogP contribution is 2.37. The predicted molar refractivity (Wildman–Crippen MR) is 96.8 cm³/mol. The molecule has 7 heteroatoms. The molecule has 0 N–H and O–H groups in total. The van der Waals surface area contributed by atoms with E-state index in [-0.39, 0.29) is 42.8 Å². The Morgan fingerprint density at radius 3 is 2.36 bits per heavy atom. The second-order valence-electron chi connectivity index (χ2n) is 7.49. The number of likely N-dealkylation sites (tertiary alicyclic amines) is 2. The van der Waals surface area contributed by atoms with Crippen molar-refractivity contribution < 1.29 is 23.5 Å². The number of carbonyl (C=O) groups is 2. The average molecular weight is 382 g/mol. The number of imide groups is 1. The monoisotopic (exact) mass is 382 g/mol. The van der Waals surface area contributed by atoms with Gasteiger partial charge in [0.15, 0.2) is 11.5 Å². The van der Waals surface area contributed by atoms with Gasteiger partial charge in [-0.2, -0.15) is 0 Å². The molecule has 3 heterocycles. The van der Waals surface area contributed by atoms with Gasteiger partial charge in [-0.05, 0) is 35.4 Å². The van der Waals surface area contributed by atoms with Crippen LogP contribution in [0.25, 0.3) is 0 Å². The Bertz CT molecular complexity index is 939. The van der Waals surface area contributed by atoms with Crippen molar-refractivity contribution in [3.63, 3.8) is 0 Å². The van der Waals surface area contributed by atoms with Gasteiger partial charge >= 0.3 is 0 Å². The molecule has 0 spiro atoms. The van der Waals surface area contributed by atoms with E-state index in [1.54, 1.807) is 12.1 Å². The normalized spacial score (nSPS) is 23.5. The van der Waals surface area contributed by atoms with E-state index >= 15 is 0 Å². The molecule has 0 saturated carbocycles. The van der Waals surface area contributed by atoms with Crippen molar-refractivity contribution in [2.45, 2.75) is 13.1 Å². The Morgan fingerprint density at radius 2 is 1.61 bits per heavy atom. The summed E-state index contributed by atoms with van der Waals surface area (Å²) < 4.78 is 24.0. The highest BCUT2D eigenvalue weighted by atomic mass is 19.1. The van der Waals surface area contributed by atoms with Crippen molar-refractivity contribution in [1.82, 2.24) is 9.80 Å². The van der Waals surface area contributed by atoms with Crippen LogP contribution in [0.4, 0.5) is 4.39 Å². The quantitative estimate of drug-likeness (QED) is 0.759. The van der Waals surface area contributed by atoms with Crippen LogP contribution in [0.5, 0.6) is 11.5 Å². The number of carbonyl (C=O) groups excluding carboxylic acids is 2. The van der Waals surface area contributed by atoms with Crippen molar-refractivity contribution in [3.8, 4) is 11.5 Å². The van der Waals surface area contributed by atoms with Crippen molar-refractivity contribution >= 4 is 11.8 Å². The third kappa shape index (κ3) is 2.92. The number of hydrogen-bond donors (Lipinski definition) is 0. The van der Waals surface area contributed by atoms with E-state index in [2.05, 4.69) is 4.90 Å². The largest absolute Gasteiger partial charge is 0.454 e. The fourth-order valence-electron chi connectivity index (χ4n) is 4.30. The molecular formula is C21H19FN2O4. The smallest absolute Gasteiger partial charge is 0.234 e. The number of benzene rings is 2. The van der Waals surface area contributed by atoms with Crippen molar-refractivity contribution in [2.24, 2.45) is 11.8 Å². The lowest BCUT2D eigenvalue weighted by Gasteiger charge is -2.21. The zero-order valence-electron chi connectivity index (χ0n) is 15.1. The van der Waals surface area contributed by atoms with Crippen LogP contribution in [0, 0.1) is 17.7 Å². The Morgan fingerprint density at radius 1 is 0.893 bits per heavy atom. The topological polar surface area (TPSA) is 59.1 Å². The van der Waals surface area contributed by atoms with Gasteiger partial charge in [-0.1, -0.05) is 18.2 Å². The maximum absolute atomic E-state index is 13.4. The molecule has 0 aliphatic carbocycles. The van der Waals surface area contributed by atoms with E-state index < -0.39 is 0 Å². The fourth-order valence-corrected chi connectivity index (χ4v) is 4.30. The SMILES string of the molecule is O=C1[C@H]2CN(Cc3cccc(F)c3)C[C@H]2C(=O)N1Cc1ccc2c(c1)OCO2. The summed E-state index contributed by atoms with van der Waals surface area (Å²) in [4.78, 5) is 29.1. The summed E-state index contributed by atoms with van der Waals surface area (Å²) in [5, 5.41) is 0. The van der Waals surface area contributed by atoms with Crippen molar-refractivity contribution in [3.05, 3.63) is 59.4 Å². The molecule has 144 valence electrons. The highest BCUT2D eigenvalue weighted by Gasteiger charge is 2.52. The summed E-state index contributed by atoms with van der Waals surface area (Å²) in [7, 11) is 0. The minimum Gasteiger partial charge on any atom is -0.454 e. The van der Waals surface area contributed by atoms with Gasteiger partial charge in [0.1, 0.15) is 5.82 Å². The number of ether oxygens (including phenoxy) is 2.